The van der Waals surface area contributed by atoms with Crippen LogP contribution in [0.25, 0.3) is 0 Å². The molecule has 6 N–H and O–H groups in total. The zero-order chi connectivity index (χ0) is 17.4. The minimum absolute atomic E-state index is 0.177. The van der Waals surface area contributed by atoms with Crippen LogP contribution in [0.3, 0.4) is 0 Å². The Morgan fingerprint density at radius 2 is 1.05 bits per heavy atom. The van der Waals surface area contributed by atoms with Crippen molar-refractivity contribution in [1.29, 1.82) is 0 Å². The average molecular weight is 320 g/mol. The molecule has 0 saturated carbocycles. The molecule has 2 unspecified atom stereocenters. The first-order chi connectivity index (χ1) is 10.1. The third-order valence-electron chi connectivity index (χ3n) is 2.67. The standard InChI is InChI=1S/C12H20N2O8/c1-3-5(13)9(17)21-11(19)7(15)8(16)12(20)22-10(18)6(14)4-2/h5-8,15-16H,3-4,13-14H2,1-2H3/t5-,6-,7?,8?/m1/s1. The molecule has 10 nitrogen and oxygen atoms in total. The lowest BCUT2D eigenvalue weighted by Crippen LogP contribution is -2.45. The molecule has 22 heavy (non-hydrogen) atoms. The molecule has 0 aliphatic heterocycles. The van der Waals surface area contributed by atoms with Crippen LogP contribution in [0, 0.1) is 0 Å². The molecule has 0 bridgehead atoms. The lowest BCUT2D eigenvalue weighted by molar-refractivity contribution is -0.181. The number of aliphatic hydroxyl groups excluding tert-OH is 2. The van der Waals surface area contributed by atoms with E-state index in [4.69, 9.17) is 11.5 Å². The van der Waals surface area contributed by atoms with E-state index in [-0.39, 0.29) is 12.8 Å². The molecule has 10 heteroatoms. The van der Waals surface area contributed by atoms with E-state index in [1.54, 1.807) is 13.8 Å². The van der Waals surface area contributed by atoms with Gasteiger partial charge in [-0.25, -0.2) is 19.2 Å². The largest absolute Gasteiger partial charge is 0.390 e. The monoisotopic (exact) mass is 320 g/mol. The van der Waals surface area contributed by atoms with Crippen molar-refractivity contribution in [2.24, 2.45) is 11.5 Å². The number of ether oxygens (including phenoxy) is 2. The number of carbonyl (C=O) groups is 4. The Labute approximate surface area is 126 Å². The highest BCUT2D eigenvalue weighted by Gasteiger charge is 2.36. The zero-order valence-electron chi connectivity index (χ0n) is 12.2. The number of hydrogen-bond donors (Lipinski definition) is 4. The topological polar surface area (TPSA) is 179 Å². The summed E-state index contributed by atoms with van der Waals surface area (Å²) >= 11 is 0. The predicted molar refractivity (Wildman–Crippen MR) is 70.7 cm³/mol. The number of esters is 4. The van der Waals surface area contributed by atoms with E-state index < -0.39 is 48.2 Å². The van der Waals surface area contributed by atoms with Gasteiger partial charge >= 0.3 is 23.9 Å². The summed E-state index contributed by atoms with van der Waals surface area (Å²) in [6.07, 6.45) is -4.47. The van der Waals surface area contributed by atoms with E-state index in [1.807, 2.05) is 0 Å². The van der Waals surface area contributed by atoms with Crippen LogP contribution in [0.5, 0.6) is 0 Å². The fourth-order valence-corrected chi connectivity index (χ4v) is 1.06. The molecule has 0 aromatic heterocycles. The van der Waals surface area contributed by atoms with E-state index in [0.717, 1.165) is 0 Å². The van der Waals surface area contributed by atoms with Crippen LogP contribution in [0.4, 0.5) is 0 Å². The minimum atomic E-state index is -2.41. The number of nitrogens with two attached hydrogens (primary N) is 2. The van der Waals surface area contributed by atoms with E-state index in [0.29, 0.717) is 0 Å². The van der Waals surface area contributed by atoms with Gasteiger partial charge < -0.3 is 31.2 Å². The minimum Gasteiger partial charge on any atom is -0.390 e. The molecule has 0 radical (unpaired) electrons. The van der Waals surface area contributed by atoms with Crippen molar-refractivity contribution < 1.29 is 38.9 Å². The van der Waals surface area contributed by atoms with Gasteiger partial charge in [-0.15, -0.1) is 0 Å². The summed E-state index contributed by atoms with van der Waals surface area (Å²) in [5.41, 5.74) is 10.6. The highest BCUT2D eigenvalue weighted by molar-refractivity contribution is 5.96. The van der Waals surface area contributed by atoms with Gasteiger partial charge in [0.15, 0.2) is 12.2 Å². The first kappa shape index (κ1) is 20.1. The second-order valence-corrected chi connectivity index (χ2v) is 4.40. The van der Waals surface area contributed by atoms with Crippen molar-refractivity contribution in [2.75, 3.05) is 0 Å². The van der Waals surface area contributed by atoms with Crippen LogP contribution in [0.1, 0.15) is 26.7 Å². The molecular weight excluding hydrogens is 300 g/mol. The van der Waals surface area contributed by atoms with Crippen LogP contribution < -0.4 is 11.5 Å². The van der Waals surface area contributed by atoms with Gasteiger partial charge in [-0.2, -0.15) is 0 Å². The van der Waals surface area contributed by atoms with Crippen LogP contribution >= 0.6 is 0 Å². The van der Waals surface area contributed by atoms with Crippen molar-refractivity contribution >= 4 is 23.9 Å². The van der Waals surface area contributed by atoms with Crippen molar-refractivity contribution in [2.45, 2.75) is 51.0 Å². The summed E-state index contributed by atoms with van der Waals surface area (Å²) < 4.78 is 8.36. The fourth-order valence-electron chi connectivity index (χ4n) is 1.06. The van der Waals surface area contributed by atoms with Gasteiger partial charge in [-0.1, -0.05) is 13.8 Å². The van der Waals surface area contributed by atoms with Gasteiger partial charge in [0.2, 0.25) is 0 Å². The Kier molecular flexibility index (Phi) is 8.42. The SMILES string of the molecule is CC[C@@H](N)C(=O)OC(=O)C(O)C(O)C(=O)OC(=O)[C@H](N)CC. The highest BCUT2D eigenvalue weighted by atomic mass is 16.6. The molecule has 0 aromatic carbocycles. The summed E-state index contributed by atoms with van der Waals surface area (Å²) in [4.78, 5) is 45.2. The van der Waals surface area contributed by atoms with Gasteiger partial charge in [0.25, 0.3) is 0 Å². The van der Waals surface area contributed by atoms with Crippen molar-refractivity contribution in [1.82, 2.24) is 0 Å². The van der Waals surface area contributed by atoms with E-state index in [2.05, 4.69) is 9.47 Å². The summed E-state index contributed by atoms with van der Waals surface area (Å²) in [6, 6.07) is -2.19. The third kappa shape index (κ3) is 5.85. The Morgan fingerprint density at radius 1 is 0.773 bits per heavy atom. The molecule has 0 saturated heterocycles. The van der Waals surface area contributed by atoms with Gasteiger partial charge in [0, 0.05) is 0 Å². The normalized spacial score (nSPS) is 16.1. The van der Waals surface area contributed by atoms with Gasteiger partial charge in [-0.3, -0.25) is 0 Å². The second kappa shape index (κ2) is 9.20. The first-order valence-corrected chi connectivity index (χ1v) is 6.53. The molecule has 0 amide bonds. The molecular formula is C12H20N2O8. The van der Waals surface area contributed by atoms with E-state index in [1.165, 1.54) is 0 Å². The quantitative estimate of drug-likeness (QED) is 0.285. The third-order valence-corrected chi connectivity index (χ3v) is 2.67. The van der Waals surface area contributed by atoms with Gasteiger partial charge in [0.1, 0.15) is 12.1 Å². The van der Waals surface area contributed by atoms with E-state index in [9.17, 15) is 29.4 Å². The number of rotatable bonds is 7. The highest BCUT2D eigenvalue weighted by Crippen LogP contribution is 2.03. The maximum Gasteiger partial charge on any atom is 0.346 e. The average Bonchev–Trinajstić information content (AvgIpc) is 2.50. The second-order valence-electron chi connectivity index (χ2n) is 4.40. The molecule has 0 rings (SSSR count). The molecule has 0 heterocycles. The van der Waals surface area contributed by atoms with Crippen molar-refractivity contribution in [3.8, 4) is 0 Å². The molecule has 0 spiro atoms. The number of aliphatic hydroxyl groups is 2. The lowest BCUT2D eigenvalue weighted by Gasteiger charge is -2.16. The summed E-state index contributed by atoms with van der Waals surface area (Å²) in [7, 11) is 0. The van der Waals surface area contributed by atoms with Crippen molar-refractivity contribution in [3.63, 3.8) is 0 Å². The van der Waals surface area contributed by atoms with Gasteiger partial charge in [0.05, 0.1) is 0 Å². The van der Waals surface area contributed by atoms with Crippen molar-refractivity contribution in [3.05, 3.63) is 0 Å². The Hall–Kier alpha value is -1.88. The molecule has 126 valence electrons. The fraction of sp³-hybridized carbons (Fsp3) is 0.667. The smallest absolute Gasteiger partial charge is 0.346 e. The van der Waals surface area contributed by atoms with Crippen LogP contribution in [-0.2, 0) is 28.7 Å². The van der Waals surface area contributed by atoms with E-state index >= 15 is 0 Å². The number of carbonyl (C=O) groups excluding carboxylic acids is 4. The lowest BCUT2D eigenvalue weighted by atomic mass is 10.2. The molecule has 0 aromatic rings. The summed E-state index contributed by atoms with van der Waals surface area (Å²) in [6.45, 7) is 3.11. The molecule has 4 atom stereocenters. The Balaban J connectivity index is 4.61. The zero-order valence-corrected chi connectivity index (χ0v) is 12.2. The Bertz CT molecular complexity index is 399. The molecule has 0 aliphatic rings. The summed E-state index contributed by atoms with van der Waals surface area (Å²) in [5, 5.41) is 18.8. The Morgan fingerprint density at radius 3 is 1.27 bits per heavy atom. The predicted octanol–water partition coefficient (Wildman–Crippen LogP) is -2.68. The van der Waals surface area contributed by atoms with Crippen LogP contribution in [0.2, 0.25) is 0 Å². The van der Waals surface area contributed by atoms with Gasteiger partial charge in [-0.05, 0) is 12.8 Å². The maximum absolute atomic E-state index is 11.4. The van der Waals surface area contributed by atoms with Crippen LogP contribution in [-0.4, -0.2) is 58.4 Å². The first-order valence-electron chi connectivity index (χ1n) is 6.53. The van der Waals surface area contributed by atoms with Crippen LogP contribution in [0.15, 0.2) is 0 Å². The maximum atomic E-state index is 11.4. The summed E-state index contributed by atoms with van der Waals surface area (Å²) in [5.74, 6) is -5.44. The number of hydrogen-bond acceptors (Lipinski definition) is 10. The molecule has 0 fully saturated rings. The molecule has 0 aliphatic carbocycles.